The molecule has 0 unspecified atom stereocenters. The summed E-state index contributed by atoms with van der Waals surface area (Å²) in [6.07, 6.45) is 74.4. The number of hydrogen-bond donors (Lipinski definition) is 2. The lowest BCUT2D eigenvalue weighted by molar-refractivity contribution is 0.100. The Morgan fingerprint density at radius 3 is 0.567 bits per heavy atom. The maximum Gasteiger partial charge on any atom is 0.276 e. The maximum atomic E-state index is 14.6. The molecule has 12 heteroatoms. The van der Waals surface area contributed by atoms with Crippen LogP contribution in [0.4, 0.5) is 11.4 Å². The third-order valence-corrected chi connectivity index (χ3v) is 20.7. The zero-order valence-electron chi connectivity index (χ0n) is 69.1. The van der Waals surface area contributed by atoms with Gasteiger partial charge >= 0.3 is 0 Å². The molecule has 0 aliphatic carbocycles. The molecule has 2 aromatic carbocycles. The van der Waals surface area contributed by atoms with Gasteiger partial charge in [0.15, 0.2) is 23.0 Å². The number of carbonyl (C=O) groups is 2. The van der Waals surface area contributed by atoms with Gasteiger partial charge in [0, 0.05) is 35.6 Å². The quantitative estimate of drug-likeness (QED) is 0.0525. The number of aromatic nitrogens is 2. The molecule has 12 nitrogen and oxygen atoms in total. The summed E-state index contributed by atoms with van der Waals surface area (Å²) in [4.78, 5) is 38.9. The van der Waals surface area contributed by atoms with Crippen LogP contribution in [0.1, 0.15) is 459 Å². The molecule has 2 amide bonds. The van der Waals surface area contributed by atoms with Crippen LogP contribution < -0.4 is 39.1 Å². The number of aryl methyl sites for hydroxylation is 2. The highest BCUT2D eigenvalue weighted by Crippen LogP contribution is 2.43. The molecule has 1 aromatic heterocycles. The molecule has 0 spiro atoms. The molecule has 0 fully saturated rings. The summed E-state index contributed by atoms with van der Waals surface area (Å²) in [7, 11) is 0. The third kappa shape index (κ3) is 47.8. The van der Waals surface area contributed by atoms with Crippen molar-refractivity contribution in [3.63, 3.8) is 0 Å². The number of ether oxygens (including phenoxy) is 6. The van der Waals surface area contributed by atoms with Gasteiger partial charge in [-0.15, -0.1) is 0 Å². The van der Waals surface area contributed by atoms with Crippen molar-refractivity contribution in [1.29, 1.82) is 0 Å². The van der Waals surface area contributed by atoms with Gasteiger partial charge in [-0.2, -0.15) is 0 Å². The molecular formula is C92H162N4O8. The summed E-state index contributed by atoms with van der Waals surface area (Å²) >= 11 is 0. The highest BCUT2D eigenvalue weighted by atomic mass is 16.5. The van der Waals surface area contributed by atoms with Crippen molar-refractivity contribution in [3.05, 3.63) is 47.0 Å². The molecular weight excluding hydrogens is 1290 g/mol. The molecule has 0 radical (unpaired) electrons. The van der Waals surface area contributed by atoms with Crippen LogP contribution in [0.5, 0.6) is 34.5 Å². The number of nitrogens with one attached hydrogen (secondary N) is 2. The van der Waals surface area contributed by atoms with E-state index in [1.807, 2.05) is 24.3 Å². The largest absolute Gasteiger partial charge is 0.489 e. The van der Waals surface area contributed by atoms with E-state index < -0.39 is 11.8 Å². The number of nitrogens with zero attached hydrogens (tertiary/aromatic N) is 2. The second kappa shape index (κ2) is 67.6. The van der Waals surface area contributed by atoms with Crippen molar-refractivity contribution < 1.29 is 38.0 Å². The fourth-order valence-electron chi connectivity index (χ4n) is 14.0. The standard InChI is InChI=1S/C92H162N4O8/c1-9-15-21-27-33-39-45-51-57-63-69-99-83-75-81(76-84(100-70-64-58-52-46-40-34-28-22-16-10-2)89(83)103-73-67-61-55-49-43-37-31-25-19-13-5)95-91(97)87-79(7)94-88(80(8)93-87)92(98)96-82-77-85(101-71-65-59-53-47-41-35-29-23-17-11-3)90(104-74-68-62-56-50-44-38-32-26-20-14-6)86(78-82)102-72-66-60-54-48-42-36-30-24-18-12-4/h75-78H,9-74H2,1-8H3,(H,95,97)(H,96,98). The minimum Gasteiger partial charge on any atom is -0.489 e. The minimum absolute atomic E-state index is 0.134. The molecule has 0 atom stereocenters. The molecule has 0 saturated carbocycles. The average Bonchev–Trinajstić information content (AvgIpc) is 0.809. The van der Waals surface area contributed by atoms with E-state index in [9.17, 15) is 9.59 Å². The Labute approximate surface area is 640 Å². The van der Waals surface area contributed by atoms with Gasteiger partial charge in [-0.3, -0.25) is 9.59 Å². The number of hydrogen-bond acceptors (Lipinski definition) is 10. The summed E-state index contributed by atoms with van der Waals surface area (Å²) in [5, 5.41) is 6.32. The van der Waals surface area contributed by atoms with Gasteiger partial charge in [-0.05, 0) is 52.4 Å². The van der Waals surface area contributed by atoms with Crippen molar-refractivity contribution in [2.45, 2.75) is 441 Å². The molecule has 0 aliphatic rings. The van der Waals surface area contributed by atoms with E-state index in [-0.39, 0.29) is 11.4 Å². The van der Waals surface area contributed by atoms with Gasteiger partial charge in [0.25, 0.3) is 11.8 Å². The second-order valence-corrected chi connectivity index (χ2v) is 30.8. The average molecular weight is 1450 g/mol. The molecule has 0 saturated heterocycles. The normalized spacial score (nSPS) is 11.4. The van der Waals surface area contributed by atoms with Crippen LogP contribution in [0.15, 0.2) is 24.3 Å². The predicted octanol–water partition coefficient (Wildman–Crippen LogP) is 29.4. The Bertz CT molecular complexity index is 2240. The minimum atomic E-state index is -0.438. The lowest BCUT2D eigenvalue weighted by Crippen LogP contribution is -2.22. The number of amides is 2. The second-order valence-electron chi connectivity index (χ2n) is 30.8. The smallest absolute Gasteiger partial charge is 0.276 e. The topological polar surface area (TPSA) is 139 Å². The monoisotopic (exact) mass is 1450 g/mol. The summed E-state index contributed by atoms with van der Waals surface area (Å²) in [5.41, 5.74) is 1.98. The molecule has 598 valence electrons. The summed E-state index contributed by atoms with van der Waals surface area (Å²) in [6, 6.07) is 7.52. The third-order valence-electron chi connectivity index (χ3n) is 20.7. The Balaban J connectivity index is 1.93. The summed E-state index contributed by atoms with van der Waals surface area (Å²) in [5.74, 6) is 2.62. The number of unbranched alkanes of at least 4 members (excludes halogenated alkanes) is 54. The molecule has 1 heterocycles. The van der Waals surface area contributed by atoms with Crippen LogP contribution in [0.3, 0.4) is 0 Å². The van der Waals surface area contributed by atoms with E-state index in [0.29, 0.717) is 96.9 Å². The van der Waals surface area contributed by atoms with Gasteiger partial charge in [0.05, 0.1) is 51.0 Å². The van der Waals surface area contributed by atoms with Crippen molar-refractivity contribution in [1.82, 2.24) is 9.97 Å². The van der Waals surface area contributed by atoms with Gasteiger partial charge in [0.1, 0.15) is 11.4 Å². The molecule has 0 aliphatic heterocycles. The van der Waals surface area contributed by atoms with E-state index in [0.717, 1.165) is 77.0 Å². The van der Waals surface area contributed by atoms with Gasteiger partial charge in [-0.1, -0.05) is 388 Å². The fraction of sp³-hybridized carbons (Fsp3) is 0.804. The Morgan fingerprint density at radius 2 is 0.394 bits per heavy atom. The number of rotatable bonds is 76. The molecule has 3 rings (SSSR count). The van der Waals surface area contributed by atoms with Crippen LogP contribution in [0, 0.1) is 13.8 Å². The van der Waals surface area contributed by atoms with E-state index in [1.54, 1.807) is 13.8 Å². The lowest BCUT2D eigenvalue weighted by atomic mass is 10.1. The molecule has 2 N–H and O–H groups in total. The van der Waals surface area contributed by atoms with Crippen molar-refractivity contribution in [2.75, 3.05) is 50.3 Å². The van der Waals surface area contributed by atoms with Crippen molar-refractivity contribution in [2.24, 2.45) is 0 Å². The SMILES string of the molecule is CCCCCCCCCCCCOc1cc(NC(=O)c2nc(C)c(C(=O)Nc3cc(OCCCCCCCCCCCC)c(OCCCCCCCCCCCC)c(OCCCCCCCCCCCC)c3)nc2C)cc(OCCCCCCCCCCCC)c1OCCCCCCCCCCCC. The van der Waals surface area contributed by atoms with Crippen LogP contribution in [0.2, 0.25) is 0 Å². The lowest BCUT2D eigenvalue weighted by Gasteiger charge is -2.20. The van der Waals surface area contributed by atoms with Gasteiger partial charge in [-0.25, -0.2) is 9.97 Å². The predicted molar refractivity (Wildman–Crippen MR) is 444 cm³/mol. The molecule has 3 aromatic rings. The summed E-state index contributed by atoms with van der Waals surface area (Å²) in [6.45, 7) is 20.4. The van der Waals surface area contributed by atoms with Gasteiger partial charge in [0.2, 0.25) is 11.5 Å². The van der Waals surface area contributed by atoms with E-state index in [4.69, 9.17) is 38.4 Å². The zero-order chi connectivity index (χ0) is 74.7. The van der Waals surface area contributed by atoms with E-state index in [2.05, 4.69) is 52.2 Å². The molecule has 0 bridgehead atoms. The Morgan fingerprint density at radius 1 is 0.240 bits per heavy atom. The number of carbonyl (C=O) groups excluding carboxylic acids is 2. The zero-order valence-corrected chi connectivity index (χ0v) is 69.1. The number of anilines is 2. The van der Waals surface area contributed by atoms with Crippen LogP contribution in [0.25, 0.3) is 0 Å². The van der Waals surface area contributed by atoms with Crippen LogP contribution in [-0.2, 0) is 0 Å². The van der Waals surface area contributed by atoms with Crippen molar-refractivity contribution >= 4 is 23.2 Å². The van der Waals surface area contributed by atoms with Crippen LogP contribution >= 0.6 is 0 Å². The Hall–Kier alpha value is -4.74. The first-order valence-electron chi connectivity index (χ1n) is 44.8. The fourth-order valence-corrected chi connectivity index (χ4v) is 14.0. The molecule has 104 heavy (non-hydrogen) atoms. The first kappa shape index (κ1) is 93.5. The maximum absolute atomic E-state index is 14.6. The first-order valence-corrected chi connectivity index (χ1v) is 44.8. The summed E-state index contributed by atoms with van der Waals surface area (Å²) < 4.78 is 40.2. The van der Waals surface area contributed by atoms with E-state index >= 15 is 0 Å². The Kier molecular flexibility index (Phi) is 60.8. The van der Waals surface area contributed by atoms with Crippen LogP contribution in [-0.4, -0.2) is 61.4 Å². The highest BCUT2D eigenvalue weighted by molar-refractivity contribution is 6.06. The van der Waals surface area contributed by atoms with E-state index in [1.165, 1.54) is 308 Å². The first-order chi connectivity index (χ1) is 51.2. The van der Waals surface area contributed by atoms with Gasteiger partial charge < -0.3 is 39.1 Å². The highest BCUT2D eigenvalue weighted by Gasteiger charge is 2.24. The van der Waals surface area contributed by atoms with Crippen molar-refractivity contribution in [3.8, 4) is 34.5 Å². The number of benzene rings is 2.